The third-order valence-electron chi connectivity index (χ3n) is 2.54. The molecule has 0 spiro atoms. The van der Waals surface area contributed by atoms with Gasteiger partial charge < -0.3 is 4.42 Å². The zero-order valence-electron chi connectivity index (χ0n) is 8.90. The third-order valence-corrected chi connectivity index (χ3v) is 2.84. The van der Waals surface area contributed by atoms with E-state index in [1.54, 1.807) is 6.26 Å². The highest BCUT2D eigenvalue weighted by Gasteiger charge is 2.10. The normalized spacial score (nSPS) is 12.8. The molecule has 2 aromatic heterocycles. The molecular formula is C10H13N3O2S. The van der Waals surface area contributed by atoms with Crippen molar-refractivity contribution in [1.82, 2.24) is 14.8 Å². The number of nitrogens with zero attached hydrogens (tertiary/aromatic N) is 1. The van der Waals surface area contributed by atoms with Crippen LogP contribution in [0.25, 0.3) is 0 Å². The molecule has 2 aromatic rings. The van der Waals surface area contributed by atoms with E-state index in [1.807, 2.05) is 19.1 Å². The summed E-state index contributed by atoms with van der Waals surface area (Å²) in [5.74, 6) is 0.922. The predicted octanol–water partition coefficient (Wildman–Crippen LogP) is 2.02. The molecule has 86 valence electrons. The van der Waals surface area contributed by atoms with Crippen molar-refractivity contribution >= 4 is 12.2 Å². The number of nitrogens with one attached hydrogen (secondary N) is 2. The number of aromatic amines is 2. The van der Waals surface area contributed by atoms with E-state index in [4.69, 9.17) is 16.6 Å². The Kier molecular flexibility index (Phi) is 3.09. The van der Waals surface area contributed by atoms with Crippen LogP contribution in [0.5, 0.6) is 0 Å². The fourth-order valence-electron chi connectivity index (χ4n) is 1.66. The van der Waals surface area contributed by atoms with Crippen molar-refractivity contribution in [2.75, 3.05) is 0 Å². The largest absolute Gasteiger partial charge is 0.469 e. The minimum absolute atomic E-state index is 0.0487. The lowest BCUT2D eigenvalue weighted by Crippen LogP contribution is -2.21. The first kappa shape index (κ1) is 10.9. The number of furan rings is 1. The molecule has 1 unspecified atom stereocenters. The summed E-state index contributed by atoms with van der Waals surface area (Å²) in [7, 11) is 0. The van der Waals surface area contributed by atoms with Gasteiger partial charge in [-0.1, -0.05) is 0 Å². The Labute approximate surface area is 97.1 Å². The van der Waals surface area contributed by atoms with Crippen molar-refractivity contribution < 1.29 is 4.42 Å². The topological polar surface area (TPSA) is 66.7 Å². The first-order valence-corrected chi connectivity index (χ1v) is 5.51. The summed E-state index contributed by atoms with van der Waals surface area (Å²) in [6.45, 7) is 1.96. The smallest absolute Gasteiger partial charge is 0.342 e. The molecule has 0 saturated heterocycles. The maximum Gasteiger partial charge on any atom is 0.342 e. The Balaban J connectivity index is 2.06. The van der Waals surface area contributed by atoms with E-state index in [9.17, 15) is 4.79 Å². The highest BCUT2D eigenvalue weighted by Crippen LogP contribution is 2.13. The predicted molar refractivity (Wildman–Crippen MR) is 62.0 cm³/mol. The standard InChI is InChI=1S/C10H13N3O2S/c1-7(4-5-8-3-2-6-15-8)13-9(14)11-12-10(13)16/h2-3,6-7H,4-5H2,1H3,(H,11,14)(H,12,16). The fraction of sp³-hybridized carbons (Fsp3) is 0.400. The van der Waals surface area contributed by atoms with Crippen LogP contribution in [0.15, 0.2) is 27.6 Å². The van der Waals surface area contributed by atoms with Gasteiger partial charge in [-0.15, -0.1) is 0 Å². The average molecular weight is 239 g/mol. The first-order chi connectivity index (χ1) is 7.68. The second-order valence-corrected chi connectivity index (χ2v) is 4.08. The monoisotopic (exact) mass is 239 g/mol. The first-order valence-electron chi connectivity index (χ1n) is 5.10. The van der Waals surface area contributed by atoms with Crippen LogP contribution in [0.1, 0.15) is 25.1 Å². The number of rotatable bonds is 4. The Bertz CT molecular complexity index is 522. The molecule has 1 atom stereocenters. The molecule has 0 aromatic carbocycles. The van der Waals surface area contributed by atoms with Crippen LogP contribution in [0.3, 0.4) is 0 Å². The molecule has 0 bridgehead atoms. The van der Waals surface area contributed by atoms with Crippen LogP contribution < -0.4 is 5.69 Å². The van der Waals surface area contributed by atoms with E-state index >= 15 is 0 Å². The maximum atomic E-state index is 11.4. The molecule has 0 aliphatic rings. The fourth-order valence-corrected chi connectivity index (χ4v) is 1.97. The van der Waals surface area contributed by atoms with E-state index < -0.39 is 0 Å². The van der Waals surface area contributed by atoms with Crippen molar-refractivity contribution in [3.05, 3.63) is 39.4 Å². The lowest BCUT2D eigenvalue weighted by Gasteiger charge is -2.09. The summed E-state index contributed by atoms with van der Waals surface area (Å²) < 4.78 is 7.20. The Morgan fingerprint density at radius 2 is 2.38 bits per heavy atom. The van der Waals surface area contributed by atoms with E-state index in [0.29, 0.717) is 4.77 Å². The van der Waals surface area contributed by atoms with Gasteiger partial charge in [0.05, 0.1) is 6.26 Å². The van der Waals surface area contributed by atoms with Crippen LogP contribution >= 0.6 is 12.2 Å². The van der Waals surface area contributed by atoms with Crippen molar-refractivity contribution in [2.24, 2.45) is 0 Å². The van der Waals surface area contributed by atoms with Crippen LogP contribution in [0.2, 0.25) is 0 Å². The SMILES string of the molecule is CC(CCc1ccco1)n1c(=O)[nH][nH]c1=S. The minimum Gasteiger partial charge on any atom is -0.469 e. The molecule has 2 rings (SSSR count). The molecule has 5 nitrogen and oxygen atoms in total. The summed E-state index contributed by atoms with van der Waals surface area (Å²) in [6.07, 6.45) is 3.25. The van der Waals surface area contributed by atoms with Crippen molar-refractivity contribution in [3.8, 4) is 0 Å². The lowest BCUT2D eigenvalue weighted by molar-refractivity contribution is 0.444. The molecule has 0 fully saturated rings. The molecule has 0 radical (unpaired) electrons. The number of hydrogen-bond donors (Lipinski definition) is 2. The van der Waals surface area contributed by atoms with Crippen LogP contribution in [0, 0.1) is 4.77 Å². The van der Waals surface area contributed by atoms with Crippen molar-refractivity contribution in [2.45, 2.75) is 25.8 Å². The molecule has 2 heterocycles. The number of hydrogen-bond acceptors (Lipinski definition) is 3. The molecule has 6 heteroatoms. The van der Waals surface area contributed by atoms with Gasteiger partial charge in [0.25, 0.3) is 0 Å². The molecular weight excluding hydrogens is 226 g/mol. The van der Waals surface area contributed by atoms with Gasteiger partial charge >= 0.3 is 5.69 Å². The van der Waals surface area contributed by atoms with E-state index in [-0.39, 0.29) is 11.7 Å². The summed E-state index contributed by atoms with van der Waals surface area (Å²) in [5.41, 5.74) is -0.197. The zero-order valence-corrected chi connectivity index (χ0v) is 9.71. The third kappa shape index (κ3) is 2.16. The maximum absolute atomic E-state index is 11.4. The molecule has 0 saturated carbocycles. The van der Waals surface area contributed by atoms with E-state index in [1.165, 1.54) is 4.57 Å². The lowest BCUT2D eigenvalue weighted by atomic mass is 10.1. The van der Waals surface area contributed by atoms with Gasteiger partial charge in [-0.05, 0) is 37.7 Å². The average Bonchev–Trinajstić information content (AvgIpc) is 2.86. The molecule has 0 aliphatic carbocycles. The van der Waals surface area contributed by atoms with E-state index in [0.717, 1.165) is 18.6 Å². The van der Waals surface area contributed by atoms with E-state index in [2.05, 4.69) is 10.2 Å². The quantitative estimate of drug-likeness (QED) is 0.802. The van der Waals surface area contributed by atoms with Crippen LogP contribution in [0.4, 0.5) is 0 Å². The summed E-state index contributed by atoms with van der Waals surface area (Å²) >= 11 is 5.02. The van der Waals surface area contributed by atoms with Gasteiger partial charge in [0.15, 0.2) is 4.77 Å². The highest BCUT2D eigenvalue weighted by atomic mass is 32.1. The van der Waals surface area contributed by atoms with Gasteiger partial charge in [0.2, 0.25) is 0 Å². The van der Waals surface area contributed by atoms with Crippen molar-refractivity contribution in [3.63, 3.8) is 0 Å². The Hall–Kier alpha value is -1.56. The Morgan fingerprint density at radius 1 is 1.56 bits per heavy atom. The molecule has 16 heavy (non-hydrogen) atoms. The summed E-state index contributed by atoms with van der Waals surface area (Å²) in [4.78, 5) is 11.4. The Morgan fingerprint density at radius 3 is 2.94 bits per heavy atom. The minimum atomic E-state index is -0.197. The van der Waals surface area contributed by atoms with Crippen LogP contribution in [-0.4, -0.2) is 14.8 Å². The van der Waals surface area contributed by atoms with Crippen molar-refractivity contribution in [1.29, 1.82) is 0 Å². The summed E-state index contributed by atoms with van der Waals surface area (Å²) in [6, 6.07) is 3.83. The van der Waals surface area contributed by atoms with Crippen LogP contribution in [-0.2, 0) is 6.42 Å². The highest BCUT2D eigenvalue weighted by molar-refractivity contribution is 7.71. The second-order valence-electron chi connectivity index (χ2n) is 3.70. The molecule has 0 amide bonds. The van der Waals surface area contributed by atoms with Gasteiger partial charge in [-0.25, -0.2) is 9.89 Å². The zero-order chi connectivity index (χ0) is 11.5. The molecule has 0 aliphatic heterocycles. The second kappa shape index (κ2) is 4.52. The van der Waals surface area contributed by atoms with Gasteiger partial charge in [0.1, 0.15) is 5.76 Å². The summed E-state index contributed by atoms with van der Waals surface area (Å²) in [5, 5.41) is 5.09. The number of H-pyrrole nitrogens is 2. The molecule has 2 N–H and O–H groups in total. The van der Waals surface area contributed by atoms with Gasteiger partial charge in [0, 0.05) is 12.5 Å². The van der Waals surface area contributed by atoms with Gasteiger partial charge in [-0.3, -0.25) is 9.67 Å². The number of aryl methyl sites for hydroxylation is 1. The number of aromatic nitrogens is 3. The van der Waals surface area contributed by atoms with Gasteiger partial charge in [-0.2, -0.15) is 0 Å².